The van der Waals surface area contributed by atoms with E-state index in [-0.39, 0.29) is 5.91 Å². The lowest BCUT2D eigenvalue weighted by Gasteiger charge is -2.07. The maximum Gasteiger partial charge on any atom is 0.248 e. The number of methoxy groups -OCH3 is 1. The Labute approximate surface area is 122 Å². The molecule has 0 aliphatic heterocycles. The monoisotopic (exact) mass is 287 g/mol. The lowest BCUT2D eigenvalue weighted by atomic mass is 10.2. The standard InChI is InChI=1S/C16H14ClNO2/c1-20-15-9-5-4-8-14(15)18-16(19)11-10-12-6-2-3-7-13(12)17/h2-11H,1H3,(H,18,19). The fraction of sp³-hybridized carbons (Fsp3) is 0.0625. The minimum Gasteiger partial charge on any atom is -0.495 e. The highest BCUT2D eigenvalue weighted by molar-refractivity contribution is 6.32. The van der Waals surface area contributed by atoms with Crippen molar-refractivity contribution in [2.45, 2.75) is 0 Å². The van der Waals surface area contributed by atoms with E-state index >= 15 is 0 Å². The second-order valence-electron chi connectivity index (χ2n) is 4.04. The Morgan fingerprint density at radius 2 is 1.85 bits per heavy atom. The first-order chi connectivity index (χ1) is 9.70. The zero-order valence-electron chi connectivity index (χ0n) is 11.0. The number of rotatable bonds is 4. The quantitative estimate of drug-likeness (QED) is 0.863. The number of hydrogen-bond acceptors (Lipinski definition) is 2. The summed E-state index contributed by atoms with van der Waals surface area (Å²) in [4.78, 5) is 11.9. The van der Waals surface area contributed by atoms with E-state index in [9.17, 15) is 4.79 Å². The van der Waals surface area contributed by atoms with E-state index in [0.29, 0.717) is 16.5 Å². The van der Waals surface area contributed by atoms with Gasteiger partial charge in [-0.3, -0.25) is 4.79 Å². The summed E-state index contributed by atoms with van der Waals surface area (Å²) in [6.45, 7) is 0. The van der Waals surface area contributed by atoms with Crippen molar-refractivity contribution >= 4 is 29.3 Å². The average molecular weight is 288 g/mol. The summed E-state index contributed by atoms with van der Waals surface area (Å²) in [5, 5.41) is 3.36. The lowest BCUT2D eigenvalue weighted by Crippen LogP contribution is -2.08. The molecule has 0 spiro atoms. The van der Waals surface area contributed by atoms with Crippen LogP contribution in [0.15, 0.2) is 54.6 Å². The van der Waals surface area contributed by atoms with Gasteiger partial charge in [-0.1, -0.05) is 41.9 Å². The van der Waals surface area contributed by atoms with Crippen LogP contribution in [0, 0.1) is 0 Å². The van der Waals surface area contributed by atoms with Crippen LogP contribution in [0.4, 0.5) is 5.69 Å². The second-order valence-corrected chi connectivity index (χ2v) is 4.45. The predicted octanol–water partition coefficient (Wildman–Crippen LogP) is 4.00. The molecule has 0 unspecified atom stereocenters. The summed E-state index contributed by atoms with van der Waals surface area (Å²) in [6, 6.07) is 14.6. The number of carbonyl (C=O) groups excluding carboxylic acids is 1. The number of amides is 1. The topological polar surface area (TPSA) is 38.3 Å². The van der Waals surface area contributed by atoms with Gasteiger partial charge in [-0.05, 0) is 29.8 Å². The van der Waals surface area contributed by atoms with Gasteiger partial charge in [-0.25, -0.2) is 0 Å². The summed E-state index contributed by atoms with van der Waals surface area (Å²) >= 11 is 6.01. The third-order valence-corrected chi connectivity index (χ3v) is 3.03. The highest BCUT2D eigenvalue weighted by atomic mass is 35.5. The molecule has 3 nitrogen and oxygen atoms in total. The van der Waals surface area contributed by atoms with E-state index in [1.54, 1.807) is 31.4 Å². The number of para-hydroxylation sites is 2. The zero-order valence-corrected chi connectivity index (χ0v) is 11.7. The van der Waals surface area contributed by atoms with Gasteiger partial charge in [0.05, 0.1) is 12.8 Å². The molecule has 20 heavy (non-hydrogen) atoms. The molecule has 0 bridgehead atoms. The molecule has 0 aliphatic carbocycles. The van der Waals surface area contributed by atoms with E-state index in [0.717, 1.165) is 5.56 Å². The van der Waals surface area contributed by atoms with E-state index in [4.69, 9.17) is 16.3 Å². The third-order valence-electron chi connectivity index (χ3n) is 2.68. The van der Waals surface area contributed by atoms with Crippen molar-refractivity contribution in [2.75, 3.05) is 12.4 Å². The minimum absolute atomic E-state index is 0.241. The Hall–Kier alpha value is -2.26. The number of ether oxygens (including phenoxy) is 1. The van der Waals surface area contributed by atoms with Crippen molar-refractivity contribution in [1.82, 2.24) is 0 Å². The number of nitrogens with one attached hydrogen (secondary N) is 1. The molecule has 0 aliphatic rings. The van der Waals surface area contributed by atoms with Crippen molar-refractivity contribution in [3.05, 3.63) is 65.2 Å². The fourth-order valence-corrected chi connectivity index (χ4v) is 1.90. The van der Waals surface area contributed by atoms with Gasteiger partial charge in [-0.2, -0.15) is 0 Å². The molecule has 2 aromatic rings. The SMILES string of the molecule is COc1ccccc1NC(=O)C=Cc1ccccc1Cl. The van der Waals surface area contributed by atoms with Crippen molar-refractivity contribution < 1.29 is 9.53 Å². The molecule has 0 aromatic heterocycles. The molecule has 0 fully saturated rings. The highest BCUT2D eigenvalue weighted by Gasteiger charge is 2.04. The Bertz CT molecular complexity index is 638. The van der Waals surface area contributed by atoms with Crippen molar-refractivity contribution in [3.8, 4) is 5.75 Å². The normalized spacial score (nSPS) is 10.5. The Morgan fingerprint density at radius 1 is 1.15 bits per heavy atom. The van der Waals surface area contributed by atoms with E-state index in [2.05, 4.69) is 5.32 Å². The molecule has 0 radical (unpaired) electrons. The van der Waals surface area contributed by atoms with Crippen molar-refractivity contribution in [2.24, 2.45) is 0 Å². The summed E-state index contributed by atoms with van der Waals surface area (Å²) in [5.74, 6) is 0.376. The van der Waals surface area contributed by atoms with E-state index in [1.807, 2.05) is 30.3 Å². The molecule has 2 rings (SSSR count). The van der Waals surface area contributed by atoms with Gasteiger partial charge in [-0.15, -0.1) is 0 Å². The summed E-state index contributed by atoms with van der Waals surface area (Å²) in [7, 11) is 1.56. The van der Waals surface area contributed by atoms with Crippen LogP contribution in [0.25, 0.3) is 6.08 Å². The van der Waals surface area contributed by atoms with Crippen molar-refractivity contribution in [3.63, 3.8) is 0 Å². The maximum absolute atomic E-state index is 11.9. The number of hydrogen-bond donors (Lipinski definition) is 1. The van der Waals surface area contributed by atoms with Gasteiger partial charge in [0.15, 0.2) is 0 Å². The predicted molar refractivity (Wildman–Crippen MR) is 82.1 cm³/mol. The zero-order chi connectivity index (χ0) is 14.4. The molecule has 2 aromatic carbocycles. The van der Waals surface area contributed by atoms with Crippen molar-refractivity contribution in [1.29, 1.82) is 0 Å². The summed E-state index contributed by atoms with van der Waals surface area (Å²) in [5.41, 5.74) is 1.42. The van der Waals surface area contributed by atoms with E-state index < -0.39 is 0 Å². The molecule has 0 atom stereocenters. The van der Waals surface area contributed by atoms with Gasteiger partial charge in [0.2, 0.25) is 5.91 Å². The van der Waals surface area contributed by atoms with Gasteiger partial charge < -0.3 is 10.1 Å². The van der Waals surface area contributed by atoms with Crippen LogP contribution in [0.1, 0.15) is 5.56 Å². The molecule has 102 valence electrons. The first kappa shape index (κ1) is 14.2. The number of carbonyl (C=O) groups is 1. The smallest absolute Gasteiger partial charge is 0.248 e. The fourth-order valence-electron chi connectivity index (χ4n) is 1.70. The van der Waals surface area contributed by atoms with Crippen LogP contribution in [0.5, 0.6) is 5.75 Å². The first-order valence-electron chi connectivity index (χ1n) is 6.07. The minimum atomic E-state index is -0.241. The van der Waals surface area contributed by atoms with Crippen LogP contribution < -0.4 is 10.1 Å². The molecule has 1 amide bonds. The molecule has 0 saturated heterocycles. The molecular weight excluding hydrogens is 274 g/mol. The number of benzene rings is 2. The Morgan fingerprint density at radius 3 is 2.60 bits per heavy atom. The molecule has 4 heteroatoms. The van der Waals surface area contributed by atoms with Gasteiger partial charge in [0.25, 0.3) is 0 Å². The number of halogens is 1. The van der Waals surface area contributed by atoms with Crippen LogP contribution in [-0.4, -0.2) is 13.0 Å². The van der Waals surface area contributed by atoms with Gasteiger partial charge in [0.1, 0.15) is 5.75 Å². The highest BCUT2D eigenvalue weighted by Crippen LogP contribution is 2.23. The van der Waals surface area contributed by atoms with Gasteiger partial charge in [0, 0.05) is 11.1 Å². The first-order valence-corrected chi connectivity index (χ1v) is 6.45. The molecule has 0 saturated carbocycles. The molecular formula is C16H14ClNO2. The van der Waals surface area contributed by atoms with Crippen LogP contribution in [0.3, 0.4) is 0 Å². The Balaban J connectivity index is 2.08. The maximum atomic E-state index is 11.9. The Kier molecular flexibility index (Phi) is 4.80. The van der Waals surface area contributed by atoms with E-state index in [1.165, 1.54) is 6.08 Å². The summed E-state index contributed by atoms with van der Waals surface area (Å²) < 4.78 is 5.17. The average Bonchev–Trinajstić information content (AvgIpc) is 2.47. The third kappa shape index (κ3) is 3.62. The second kappa shape index (κ2) is 6.78. The van der Waals surface area contributed by atoms with Gasteiger partial charge >= 0.3 is 0 Å². The summed E-state index contributed by atoms with van der Waals surface area (Å²) in [6.07, 6.45) is 3.11. The molecule has 1 N–H and O–H groups in total. The van der Waals surface area contributed by atoms with Crippen LogP contribution in [0.2, 0.25) is 5.02 Å². The lowest BCUT2D eigenvalue weighted by molar-refractivity contribution is -0.111. The number of anilines is 1. The van der Waals surface area contributed by atoms with Crippen LogP contribution >= 0.6 is 11.6 Å². The van der Waals surface area contributed by atoms with Crippen LogP contribution in [-0.2, 0) is 4.79 Å². The largest absolute Gasteiger partial charge is 0.495 e. The molecule has 0 heterocycles.